The number of nitrogens with zero attached hydrogens (tertiary/aromatic N) is 3. The van der Waals surface area contributed by atoms with E-state index < -0.39 is 6.36 Å². The predicted octanol–water partition coefficient (Wildman–Crippen LogP) is 4.17. The standard InChI is InChI=1S/C21H21ClF3N3O2/c22-15-1-3-17(4-2-15)28-10-9-19(20(28)29)27-13-11-26(12-14-27)16-5-7-18(8-6-16)30-21(23,24)25/h1-8,19H,9-14H2. The molecule has 30 heavy (non-hydrogen) atoms. The van der Waals surface area contributed by atoms with Crippen LogP contribution in [-0.4, -0.2) is 55.9 Å². The van der Waals surface area contributed by atoms with Gasteiger partial charge in [0.15, 0.2) is 0 Å². The Hall–Kier alpha value is -2.45. The fraction of sp³-hybridized carbons (Fsp3) is 0.381. The van der Waals surface area contributed by atoms with Crippen molar-refractivity contribution in [2.45, 2.75) is 18.8 Å². The molecule has 2 heterocycles. The van der Waals surface area contributed by atoms with E-state index in [4.69, 9.17) is 11.6 Å². The normalized spacial score (nSPS) is 20.7. The van der Waals surface area contributed by atoms with Crippen LogP contribution in [0, 0.1) is 0 Å². The fourth-order valence-corrected chi connectivity index (χ4v) is 4.16. The van der Waals surface area contributed by atoms with Crippen LogP contribution in [-0.2, 0) is 4.79 Å². The predicted molar refractivity (Wildman–Crippen MR) is 109 cm³/mol. The Morgan fingerprint density at radius 1 is 0.867 bits per heavy atom. The Morgan fingerprint density at radius 2 is 1.47 bits per heavy atom. The lowest BCUT2D eigenvalue weighted by atomic mass is 10.1. The average Bonchev–Trinajstić information content (AvgIpc) is 3.09. The number of rotatable bonds is 4. The van der Waals surface area contributed by atoms with Gasteiger partial charge in [-0.1, -0.05) is 11.6 Å². The van der Waals surface area contributed by atoms with Gasteiger partial charge >= 0.3 is 6.36 Å². The van der Waals surface area contributed by atoms with E-state index in [1.54, 1.807) is 29.2 Å². The fourth-order valence-electron chi connectivity index (χ4n) is 4.03. The minimum absolute atomic E-state index is 0.0967. The number of benzene rings is 2. The molecule has 2 aromatic carbocycles. The van der Waals surface area contributed by atoms with E-state index in [1.165, 1.54) is 12.1 Å². The van der Waals surface area contributed by atoms with Gasteiger partial charge in [-0.3, -0.25) is 9.69 Å². The zero-order chi connectivity index (χ0) is 21.3. The minimum atomic E-state index is -4.69. The monoisotopic (exact) mass is 439 g/mol. The highest BCUT2D eigenvalue weighted by Gasteiger charge is 2.38. The van der Waals surface area contributed by atoms with Gasteiger partial charge in [0.1, 0.15) is 5.75 Å². The SMILES string of the molecule is O=C1C(N2CCN(c3ccc(OC(F)(F)F)cc3)CC2)CCN1c1ccc(Cl)cc1. The molecule has 0 N–H and O–H groups in total. The van der Waals surface area contributed by atoms with Crippen molar-refractivity contribution in [3.8, 4) is 5.75 Å². The van der Waals surface area contributed by atoms with Crippen LogP contribution in [0.25, 0.3) is 0 Å². The molecule has 0 bridgehead atoms. The van der Waals surface area contributed by atoms with Crippen molar-refractivity contribution in [2.75, 3.05) is 42.5 Å². The molecule has 2 fully saturated rings. The van der Waals surface area contributed by atoms with Crippen LogP contribution in [0.15, 0.2) is 48.5 Å². The van der Waals surface area contributed by atoms with Crippen molar-refractivity contribution < 1.29 is 22.7 Å². The van der Waals surface area contributed by atoms with Gasteiger partial charge in [0, 0.05) is 49.1 Å². The first-order valence-electron chi connectivity index (χ1n) is 9.72. The third-order valence-electron chi connectivity index (χ3n) is 5.51. The highest BCUT2D eigenvalue weighted by atomic mass is 35.5. The van der Waals surface area contributed by atoms with Gasteiger partial charge in [-0.25, -0.2) is 0 Å². The van der Waals surface area contributed by atoms with E-state index in [2.05, 4.69) is 14.5 Å². The van der Waals surface area contributed by atoms with Gasteiger partial charge in [-0.05, 0) is 55.0 Å². The Balaban J connectivity index is 1.33. The molecule has 9 heteroatoms. The van der Waals surface area contributed by atoms with Gasteiger partial charge in [-0.15, -0.1) is 13.2 Å². The molecule has 0 aliphatic carbocycles. The summed E-state index contributed by atoms with van der Waals surface area (Å²) in [6, 6.07) is 13.0. The van der Waals surface area contributed by atoms with E-state index in [1.807, 2.05) is 12.1 Å². The molecule has 1 amide bonds. The van der Waals surface area contributed by atoms with Crippen LogP contribution < -0.4 is 14.5 Å². The quantitative estimate of drug-likeness (QED) is 0.716. The van der Waals surface area contributed by atoms with E-state index in [0.29, 0.717) is 37.7 Å². The molecule has 2 aromatic rings. The first kappa shape index (κ1) is 20.8. The molecule has 2 saturated heterocycles. The molecule has 5 nitrogen and oxygen atoms in total. The number of hydrogen-bond acceptors (Lipinski definition) is 4. The number of alkyl halides is 3. The molecule has 160 valence electrons. The summed E-state index contributed by atoms with van der Waals surface area (Å²) in [5.74, 6) is -0.136. The number of amides is 1. The summed E-state index contributed by atoms with van der Waals surface area (Å²) in [4.78, 5) is 19.0. The first-order chi connectivity index (χ1) is 14.3. The van der Waals surface area contributed by atoms with E-state index in [9.17, 15) is 18.0 Å². The number of hydrogen-bond donors (Lipinski definition) is 0. The summed E-state index contributed by atoms with van der Waals surface area (Å²) >= 11 is 5.93. The summed E-state index contributed by atoms with van der Waals surface area (Å²) in [7, 11) is 0. The van der Waals surface area contributed by atoms with Gasteiger partial charge < -0.3 is 14.5 Å². The topological polar surface area (TPSA) is 36.0 Å². The summed E-state index contributed by atoms with van der Waals surface area (Å²) in [5.41, 5.74) is 1.69. The van der Waals surface area contributed by atoms with Crippen LogP contribution in [0.1, 0.15) is 6.42 Å². The maximum Gasteiger partial charge on any atom is 0.573 e. The summed E-state index contributed by atoms with van der Waals surface area (Å²) in [6.07, 6.45) is -3.92. The number of carbonyl (C=O) groups is 1. The molecule has 0 spiro atoms. The number of carbonyl (C=O) groups excluding carboxylic acids is 1. The van der Waals surface area contributed by atoms with Crippen LogP contribution in [0.4, 0.5) is 24.5 Å². The molecule has 4 rings (SSSR count). The molecule has 0 radical (unpaired) electrons. The van der Waals surface area contributed by atoms with Crippen molar-refractivity contribution in [1.82, 2.24) is 4.90 Å². The van der Waals surface area contributed by atoms with Crippen molar-refractivity contribution in [3.05, 3.63) is 53.6 Å². The van der Waals surface area contributed by atoms with E-state index >= 15 is 0 Å². The van der Waals surface area contributed by atoms with E-state index in [-0.39, 0.29) is 17.7 Å². The molecule has 0 aromatic heterocycles. The van der Waals surface area contributed by atoms with Crippen molar-refractivity contribution in [1.29, 1.82) is 0 Å². The van der Waals surface area contributed by atoms with Crippen molar-refractivity contribution in [2.24, 2.45) is 0 Å². The van der Waals surface area contributed by atoms with E-state index in [0.717, 1.165) is 17.8 Å². The Kier molecular flexibility index (Phi) is 5.79. The number of anilines is 2. The lowest BCUT2D eigenvalue weighted by molar-refractivity contribution is -0.274. The Morgan fingerprint density at radius 3 is 2.07 bits per heavy atom. The van der Waals surface area contributed by atoms with Crippen LogP contribution in [0.2, 0.25) is 5.02 Å². The second kappa shape index (κ2) is 8.35. The number of halogens is 4. The smallest absolute Gasteiger partial charge is 0.406 e. The molecular weight excluding hydrogens is 419 g/mol. The lowest BCUT2D eigenvalue weighted by Crippen LogP contribution is -2.52. The maximum atomic E-state index is 12.9. The Bertz CT molecular complexity index is 882. The summed E-state index contributed by atoms with van der Waals surface area (Å²) < 4.78 is 40.8. The van der Waals surface area contributed by atoms with Gasteiger partial charge in [0.25, 0.3) is 0 Å². The first-order valence-corrected chi connectivity index (χ1v) is 10.1. The highest BCUT2D eigenvalue weighted by Crippen LogP contribution is 2.28. The highest BCUT2D eigenvalue weighted by molar-refractivity contribution is 6.30. The second-order valence-corrected chi connectivity index (χ2v) is 7.77. The van der Waals surface area contributed by atoms with Crippen LogP contribution in [0.5, 0.6) is 5.75 Å². The third-order valence-corrected chi connectivity index (χ3v) is 5.76. The Labute approximate surface area is 177 Å². The summed E-state index contributed by atoms with van der Waals surface area (Å²) in [6.45, 7) is 3.50. The summed E-state index contributed by atoms with van der Waals surface area (Å²) in [5, 5.41) is 0.635. The van der Waals surface area contributed by atoms with Crippen molar-refractivity contribution >= 4 is 28.9 Å². The molecule has 2 aliphatic rings. The van der Waals surface area contributed by atoms with Crippen LogP contribution >= 0.6 is 11.6 Å². The largest absolute Gasteiger partial charge is 0.573 e. The number of ether oxygens (including phenoxy) is 1. The maximum absolute atomic E-state index is 12.9. The molecular formula is C21H21ClF3N3O2. The van der Waals surface area contributed by atoms with Crippen molar-refractivity contribution in [3.63, 3.8) is 0 Å². The second-order valence-electron chi connectivity index (χ2n) is 7.34. The minimum Gasteiger partial charge on any atom is -0.406 e. The number of piperazine rings is 1. The molecule has 2 aliphatic heterocycles. The third kappa shape index (κ3) is 4.65. The van der Waals surface area contributed by atoms with Gasteiger partial charge in [0.2, 0.25) is 5.91 Å². The van der Waals surface area contributed by atoms with Crippen LogP contribution in [0.3, 0.4) is 0 Å². The molecule has 1 atom stereocenters. The molecule has 1 unspecified atom stereocenters. The zero-order valence-electron chi connectivity index (χ0n) is 16.1. The van der Waals surface area contributed by atoms with Gasteiger partial charge in [0.05, 0.1) is 6.04 Å². The molecule has 0 saturated carbocycles. The zero-order valence-corrected chi connectivity index (χ0v) is 16.9. The average molecular weight is 440 g/mol. The van der Waals surface area contributed by atoms with Gasteiger partial charge in [-0.2, -0.15) is 0 Å². The lowest BCUT2D eigenvalue weighted by Gasteiger charge is -2.38.